The van der Waals surface area contributed by atoms with Gasteiger partial charge in [-0.2, -0.15) is 0 Å². The molecule has 0 aliphatic heterocycles. The summed E-state index contributed by atoms with van der Waals surface area (Å²) in [6.07, 6.45) is 1.22. The van der Waals surface area contributed by atoms with Crippen LogP contribution in [0, 0.1) is 13.8 Å². The lowest BCUT2D eigenvalue weighted by Gasteiger charge is -2.11. The summed E-state index contributed by atoms with van der Waals surface area (Å²) >= 11 is 1.54. The van der Waals surface area contributed by atoms with E-state index in [4.69, 9.17) is 0 Å². The van der Waals surface area contributed by atoms with Gasteiger partial charge in [0.05, 0.1) is 11.9 Å². The molecule has 2 N–H and O–H groups in total. The molecule has 0 spiro atoms. The van der Waals surface area contributed by atoms with Gasteiger partial charge in [-0.15, -0.1) is 11.8 Å². The third-order valence-corrected chi connectivity index (χ3v) is 4.02. The maximum absolute atomic E-state index is 11.7. The number of benzene rings is 1. The van der Waals surface area contributed by atoms with Crippen LogP contribution in [-0.4, -0.2) is 29.4 Å². The zero-order valence-corrected chi connectivity index (χ0v) is 12.7. The van der Waals surface area contributed by atoms with E-state index < -0.39 is 6.10 Å². The lowest BCUT2D eigenvalue weighted by molar-refractivity contribution is -0.119. The van der Waals surface area contributed by atoms with E-state index in [0.29, 0.717) is 12.3 Å². The van der Waals surface area contributed by atoms with Crippen LogP contribution < -0.4 is 5.32 Å². The Morgan fingerprint density at radius 2 is 2.16 bits per heavy atom. The van der Waals surface area contributed by atoms with Gasteiger partial charge in [-0.05, 0) is 31.9 Å². The summed E-state index contributed by atoms with van der Waals surface area (Å²) in [4.78, 5) is 12.8. The van der Waals surface area contributed by atoms with E-state index in [1.807, 2.05) is 20.8 Å². The summed E-state index contributed by atoms with van der Waals surface area (Å²) in [6.45, 7) is 6.46. The van der Waals surface area contributed by atoms with Crippen molar-refractivity contribution in [2.24, 2.45) is 0 Å². The van der Waals surface area contributed by atoms with Gasteiger partial charge < -0.3 is 10.4 Å². The average molecular weight is 281 g/mol. The molecule has 106 valence electrons. The number of aryl methyl sites for hydroxylation is 2. The molecule has 1 atom stereocenters. The number of thioether (sulfide) groups is 1. The van der Waals surface area contributed by atoms with Crippen LogP contribution in [0.1, 0.15) is 30.9 Å². The molecule has 1 aromatic carbocycles. The molecular formula is C15H23NO2S. The molecule has 0 aromatic heterocycles. The van der Waals surface area contributed by atoms with Crippen molar-refractivity contribution in [3.63, 3.8) is 0 Å². The van der Waals surface area contributed by atoms with Gasteiger partial charge in [0.15, 0.2) is 0 Å². The van der Waals surface area contributed by atoms with Crippen LogP contribution in [-0.2, 0) is 4.79 Å². The van der Waals surface area contributed by atoms with Gasteiger partial charge in [0.25, 0.3) is 0 Å². The Kier molecular flexibility index (Phi) is 6.95. The molecule has 0 aliphatic carbocycles. The molecule has 1 rings (SSSR count). The minimum absolute atomic E-state index is 0.0268. The van der Waals surface area contributed by atoms with Gasteiger partial charge >= 0.3 is 0 Å². The molecule has 0 aliphatic rings. The minimum Gasteiger partial charge on any atom is -0.391 e. The number of amides is 1. The molecule has 0 saturated carbocycles. The highest BCUT2D eigenvalue weighted by Crippen LogP contribution is 2.23. The zero-order chi connectivity index (χ0) is 14.3. The second kappa shape index (κ2) is 8.23. The number of hydrogen-bond donors (Lipinski definition) is 2. The van der Waals surface area contributed by atoms with Crippen molar-refractivity contribution in [3.8, 4) is 0 Å². The average Bonchev–Trinajstić information content (AvgIpc) is 2.38. The third kappa shape index (κ3) is 6.12. The first kappa shape index (κ1) is 16.1. The van der Waals surface area contributed by atoms with Crippen molar-refractivity contribution in [1.82, 2.24) is 5.32 Å². The van der Waals surface area contributed by atoms with Crippen LogP contribution in [0.5, 0.6) is 0 Å². The molecule has 3 nitrogen and oxygen atoms in total. The van der Waals surface area contributed by atoms with Gasteiger partial charge in [0.1, 0.15) is 0 Å². The first-order chi connectivity index (χ1) is 9.02. The monoisotopic (exact) mass is 281 g/mol. The third-order valence-electron chi connectivity index (χ3n) is 2.86. The Bertz CT molecular complexity index is 421. The maximum Gasteiger partial charge on any atom is 0.230 e. The molecular weight excluding hydrogens is 258 g/mol. The van der Waals surface area contributed by atoms with Crippen molar-refractivity contribution < 1.29 is 9.90 Å². The van der Waals surface area contributed by atoms with Gasteiger partial charge in [-0.3, -0.25) is 4.79 Å². The van der Waals surface area contributed by atoms with Gasteiger partial charge in [0.2, 0.25) is 5.91 Å². The smallest absolute Gasteiger partial charge is 0.230 e. The fraction of sp³-hybridized carbons (Fsp3) is 0.533. The fourth-order valence-corrected chi connectivity index (χ4v) is 2.68. The molecule has 4 heteroatoms. The normalized spacial score (nSPS) is 12.2. The number of carbonyl (C=O) groups is 1. The number of aliphatic hydroxyl groups is 1. The summed E-state index contributed by atoms with van der Waals surface area (Å²) in [5.41, 5.74) is 2.39. The largest absolute Gasteiger partial charge is 0.391 e. The predicted molar refractivity (Wildman–Crippen MR) is 80.6 cm³/mol. The molecule has 0 heterocycles. The Balaban J connectivity index is 2.35. The highest BCUT2D eigenvalue weighted by Gasteiger charge is 2.07. The van der Waals surface area contributed by atoms with Crippen LogP contribution in [0.15, 0.2) is 23.1 Å². The highest BCUT2D eigenvalue weighted by atomic mass is 32.2. The van der Waals surface area contributed by atoms with Gasteiger partial charge in [0, 0.05) is 11.4 Å². The van der Waals surface area contributed by atoms with Crippen LogP contribution in [0.4, 0.5) is 0 Å². The predicted octanol–water partition coefficient (Wildman–Crippen LogP) is 2.67. The molecule has 0 fully saturated rings. The molecule has 1 amide bonds. The number of aliphatic hydroxyl groups excluding tert-OH is 1. The Morgan fingerprint density at radius 3 is 2.84 bits per heavy atom. The van der Waals surface area contributed by atoms with Crippen molar-refractivity contribution >= 4 is 17.7 Å². The topological polar surface area (TPSA) is 49.3 Å². The Hall–Kier alpha value is -1.00. The van der Waals surface area contributed by atoms with Crippen LogP contribution >= 0.6 is 11.8 Å². The molecule has 0 bridgehead atoms. The second-order valence-electron chi connectivity index (χ2n) is 4.80. The van der Waals surface area contributed by atoms with Crippen LogP contribution in [0.3, 0.4) is 0 Å². The molecule has 0 radical (unpaired) electrons. The molecule has 1 aromatic rings. The lowest BCUT2D eigenvalue weighted by atomic mass is 10.2. The minimum atomic E-state index is -0.431. The molecule has 19 heavy (non-hydrogen) atoms. The van der Waals surface area contributed by atoms with E-state index in [1.165, 1.54) is 11.1 Å². The van der Waals surface area contributed by atoms with Crippen molar-refractivity contribution in [2.45, 2.75) is 44.6 Å². The number of rotatable bonds is 7. The summed E-state index contributed by atoms with van der Waals surface area (Å²) in [6, 6.07) is 6.24. The maximum atomic E-state index is 11.7. The van der Waals surface area contributed by atoms with E-state index in [0.717, 1.165) is 17.7 Å². The van der Waals surface area contributed by atoms with Gasteiger partial charge in [-0.25, -0.2) is 0 Å². The molecule has 0 saturated heterocycles. The Labute approximate surface area is 119 Å². The Morgan fingerprint density at radius 1 is 1.42 bits per heavy atom. The van der Waals surface area contributed by atoms with Crippen molar-refractivity contribution in [2.75, 3.05) is 12.3 Å². The SMILES string of the molecule is CCCC(O)CNC(=O)CSc1cc(C)ccc1C. The summed E-state index contributed by atoms with van der Waals surface area (Å²) in [5, 5.41) is 12.3. The lowest BCUT2D eigenvalue weighted by Crippen LogP contribution is -2.33. The van der Waals surface area contributed by atoms with Gasteiger partial charge in [-0.1, -0.05) is 31.0 Å². The first-order valence-electron chi connectivity index (χ1n) is 6.67. The van der Waals surface area contributed by atoms with E-state index in [1.54, 1.807) is 11.8 Å². The van der Waals surface area contributed by atoms with E-state index in [9.17, 15) is 9.90 Å². The van der Waals surface area contributed by atoms with E-state index in [2.05, 4.69) is 23.5 Å². The van der Waals surface area contributed by atoms with E-state index in [-0.39, 0.29) is 5.91 Å². The van der Waals surface area contributed by atoms with E-state index >= 15 is 0 Å². The quantitative estimate of drug-likeness (QED) is 0.755. The zero-order valence-electron chi connectivity index (χ0n) is 11.9. The van der Waals surface area contributed by atoms with Crippen molar-refractivity contribution in [3.05, 3.63) is 29.3 Å². The fourth-order valence-electron chi connectivity index (χ4n) is 1.72. The second-order valence-corrected chi connectivity index (χ2v) is 5.82. The summed E-state index contributed by atoms with van der Waals surface area (Å²) < 4.78 is 0. The number of carbonyl (C=O) groups excluding carboxylic acids is 1. The van der Waals surface area contributed by atoms with Crippen LogP contribution in [0.25, 0.3) is 0 Å². The van der Waals surface area contributed by atoms with Crippen LogP contribution in [0.2, 0.25) is 0 Å². The standard InChI is InChI=1S/C15H23NO2S/c1-4-5-13(17)9-16-15(18)10-19-14-8-11(2)6-7-12(14)3/h6-8,13,17H,4-5,9-10H2,1-3H3,(H,16,18). The molecule has 1 unspecified atom stereocenters. The van der Waals surface area contributed by atoms with Crippen molar-refractivity contribution in [1.29, 1.82) is 0 Å². The number of hydrogen-bond acceptors (Lipinski definition) is 3. The summed E-state index contributed by atoms with van der Waals surface area (Å²) in [5.74, 6) is 0.365. The first-order valence-corrected chi connectivity index (χ1v) is 7.66. The summed E-state index contributed by atoms with van der Waals surface area (Å²) in [7, 11) is 0. The number of nitrogens with one attached hydrogen (secondary N) is 1. The highest BCUT2D eigenvalue weighted by molar-refractivity contribution is 8.00.